The lowest BCUT2D eigenvalue weighted by atomic mass is 9.83. The molecular weight excluding hydrogens is 152 g/mol. The highest BCUT2D eigenvalue weighted by Gasteiger charge is 2.22. The van der Waals surface area contributed by atoms with Gasteiger partial charge in [-0.2, -0.15) is 0 Å². The standard InChI is InChI=1S/C10H14O2/c1-2-3-8-4-5-10(12)9(6-8)7-11/h2,7-8,11H,1,3-6H2. The summed E-state index contributed by atoms with van der Waals surface area (Å²) in [4.78, 5) is 11.1. The number of aliphatic hydroxyl groups excluding tert-OH is 1. The Kier molecular flexibility index (Phi) is 3.09. The molecule has 0 heterocycles. The van der Waals surface area contributed by atoms with Crippen molar-refractivity contribution >= 4 is 5.78 Å². The minimum Gasteiger partial charge on any atom is -0.515 e. The predicted octanol–water partition coefficient (Wildman–Crippen LogP) is 2.37. The Morgan fingerprint density at radius 3 is 3.00 bits per heavy atom. The normalized spacial score (nSPS) is 27.5. The van der Waals surface area contributed by atoms with Gasteiger partial charge >= 0.3 is 0 Å². The van der Waals surface area contributed by atoms with Gasteiger partial charge in [0.25, 0.3) is 0 Å². The van der Waals surface area contributed by atoms with E-state index in [4.69, 9.17) is 5.11 Å². The van der Waals surface area contributed by atoms with E-state index in [1.54, 1.807) is 0 Å². The molecule has 1 aliphatic rings. The fourth-order valence-electron chi connectivity index (χ4n) is 1.58. The van der Waals surface area contributed by atoms with E-state index in [1.165, 1.54) is 0 Å². The zero-order valence-electron chi connectivity index (χ0n) is 7.12. The van der Waals surface area contributed by atoms with Crippen LogP contribution in [-0.2, 0) is 4.79 Å². The lowest BCUT2D eigenvalue weighted by Crippen LogP contribution is -2.16. The van der Waals surface area contributed by atoms with Crippen molar-refractivity contribution in [3.63, 3.8) is 0 Å². The molecule has 0 amide bonds. The third-order valence-electron chi connectivity index (χ3n) is 2.30. The highest BCUT2D eigenvalue weighted by molar-refractivity contribution is 5.95. The third-order valence-corrected chi connectivity index (χ3v) is 2.30. The average Bonchev–Trinajstić information content (AvgIpc) is 2.09. The van der Waals surface area contributed by atoms with Gasteiger partial charge in [0.2, 0.25) is 0 Å². The molecule has 66 valence electrons. The minimum absolute atomic E-state index is 0.0952. The molecule has 0 aromatic rings. The number of hydrogen-bond donors (Lipinski definition) is 1. The SMILES string of the molecule is C=CCC1CCC(=O)C(=CO)C1. The van der Waals surface area contributed by atoms with Crippen molar-refractivity contribution in [2.24, 2.45) is 5.92 Å². The van der Waals surface area contributed by atoms with Crippen LogP contribution in [0.25, 0.3) is 0 Å². The van der Waals surface area contributed by atoms with E-state index in [9.17, 15) is 4.79 Å². The summed E-state index contributed by atoms with van der Waals surface area (Å²) in [6.45, 7) is 3.66. The maximum atomic E-state index is 11.1. The first-order valence-electron chi connectivity index (χ1n) is 4.25. The van der Waals surface area contributed by atoms with Crippen LogP contribution in [0.3, 0.4) is 0 Å². The molecule has 1 aliphatic carbocycles. The monoisotopic (exact) mass is 166 g/mol. The van der Waals surface area contributed by atoms with Gasteiger partial charge in [-0.15, -0.1) is 6.58 Å². The van der Waals surface area contributed by atoms with Gasteiger partial charge < -0.3 is 5.11 Å². The molecular formula is C10H14O2. The molecule has 0 aromatic heterocycles. The van der Waals surface area contributed by atoms with E-state index in [0.717, 1.165) is 19.1 Å². The van der Waals surface area contributed by atoms with Gasteiger partial charge in [-0.05, 0) is 25.2 Å². The summed E-state index contributed by atoms with van der Waals surface area (Å²) in [5.41, 5.74) is 0.577. The fourth-order valence-corrected chi connectivity index (χ4v) is 1.58. The molecule has 1 atom stereocenters. The molecule has 0 aromatic carbocycles. The van der Waals surface area contributed by atoms with E-state index < -0.39 is 0 Å². The molecule has 1 unspecified atom stereocenters. The van der Waals surface area contributed by atoms with Gasteiger partial charge in [-0.25, -0.2) is 0 Å². The first-order chi connectivity index (χ1) is 5.77. The molecule has 0 aliphatic heterocycles. The summed E-state index contributed by atoms with van der Waals surface area (Å²) in [5, 5.41) is 8.74. The highest BCUT2D eigenvalue weighted by Crippen LogP contribution is 2.27. The van der Waals surface area contributed by atoms with E-state index in [-0.39, 0.29) is 5.78 Å². The van der Waals surface area contributed by atoms with Crippen molar-refractivity contribution in [1.29, 1.82) is 0 Å². The second kappa shape index (κ2) is 4.10. The summed E-state index contributed by atoms with van der Waals surface area (Å²) >= 11 is 0. The zero-order valence-corrected chi connectivity index (χ0v) is 7.12. The average molecular weight is 166 g/mol. The van der Waals surface area contributed by atoms with Crippen LogP contribution >= 0.6 is 0 Å². The third kappa shape index (κ3) is 1.97. The molecule has 1 saturated carbocycles. The van der Waals surface area contributed by atoms with E-state index in [0.29, 0.717) is 24.3 Å². The molecule has 0 saturated heterocycles. The van der Waals surface area contributed by atoms with Crippen LogP contribution in [0, 0.1) is 5.92 Å². The van der Waals surface area contributed by atoms with E-state index >= 15 is 0 Å². The van der Waals surface area contributed by atoms with Gasteiger partial charge in [0.15, 0.2) is 5.78 Å². The molecule has 1 N–H and O–H groups in total. The number of carbonyl (C=O) groups is 1. The quantitative estimate of drug-likeness (QED) is 0.388. The van der Waals surface area contributed by atoms with Crippen LogP contribution in [0.1, 0.15) is 25.7 Å². The van der Waals surface area contributed by atoms with Crippen molar-refractivity contribution in [3.05, 3.63) is 24.5 Å². The number of hydrogen-bond acceptors (Lipinski definition) is 2. The lowest BCUT2D eigenvalue weighted by Gasteiger charge is -2.20. The van der Waals surface area contributed by atoms with Crippen molar-refractivity contribution in [2.45, 2.75) is 25.7 Å². The highest BCUT2D eigenvalue weighted by atomic mass is 16.2. The Bertz CT molecular complexity index is 216. The Balaban J connectivity index is 2.55. The zero-order chi connectivity index (χ0) is 8.97. The number of Topliss-reactive ketones (excluding diaryl/α,β-unsaturated/α-hetero) is 1. The maximum Gasteiger partial charge on any atom is 0.161 e. The Labute approximate surface area is 72.6 Å². The Morgan fingerprint density at radius 1 is 1.67 bits per heavy atom. The van der Waals surface area contributed by atoms with Gasteiger partial charge in [0, 0.05) is 12.0 Å². The summed E-state index contributed by atoms with van der Waals surface area (Å²) in [6.07, 6.45) is 5.98. The molecule has 0 bridgehead atoms. The predicted molar refractivity (Wildman–Crippen MR) is 47.9 cm³/mol. The lowest BCUT2D eigenvalue weighted by molar-refractivity contribution is -0.117. The van der Waals surface area contributed by atoms with Gasteiger partial charge in [0.05, 0.1) is 6.26 Å². The van der Waals surface area contributed by atoms with Crippen LogP contribution < -0.4 is 0 Å². The second-order valence-corrected chi connectivity index (χ2v) is 3.21. The van der Waals surface area contributed by atoms with Crippen molar-refractivity contribution in [3.8, 4) is 0 Å². The first kappa shape index (κ1) is 9.04. The number of ketones is 1. The molecule has 0 spiro atoms. The van der Waals surface area contributed by atoms with Crippen molar-refractivity contribution in [2.75, 3.05) is 0 Å². The van der Waals surface area contributed by atoms with Crippen molar-refractivity contribution < 1.29 is 9.90 Å². The molecule has 12 heavy (non-hydrogen) atoms. The number of rotatable bonds is 2. The fraction of sp³-hybridized carbons (Fsp3) is 0.500. The largest absolute Gasteiger partial charge is 0.515 e. The molecule has 1 fully saturated rings. The smallest absolute Gasteiger partial charge is 0.161 e. The van der Waals surface area contributed by atoms with Crippen LogP contribution in [0.4, 0.5) is 0 Å². The molecule has 2 nitrogen and oxygen atoms in total. The summed E-state index contributed by atoms with van der Waals surface area (Å²) in [7, 11) is 0. The molecule has 0 radical (unpaired) electrons. The first-order valence-corrected chi connectivity index (χ1v) is 4.25. The van der Waals surface area contributed by atoms with Crippen LogP contribution in [0.15, 0.2) is 24.5 Å². The summed E-state index contributed by atoms with van der Waals surface area (Å²) < 4.78 is 0. The van der Waals surface area contributed by atoms with Crippen LogP contribution in [-0.4, -0.2) is 10.9 Å². The van der Waals surface area contributed by atoms with Gasteiger partial charge in [-0.3, -0.25) is 4.79 Å². The molecule has 1 rings (SSSR count). The summed E-state index contributed by atoms with van der Waals surface area (Å²) in [6, 6.07) is 0. The van der Waals surface area contributed by atoms with E-state index in [1.807, 2.05) is 6.08 Å². The second-order valence-electron chi connectivity index (χ2n) is 3.21. The number of allylic oxidation sites excluding steroid dienone is 2. The maximum absolute atomic E-state index is 11.1. The number of carbonyl (C=O) groups excluding carboxylic acids is 1. The number of aliphatic hydroxyl groups is 1. The van der Waals surface area contributed by atoms with E-state index in [2.05, 4.69) is 6.58 Å². The Hall–Kier alpha value is -1.05. The summed E-state index contributed by atoms with van der Waals surface area (Å²) in [5.74, 6) is 0.594. The Morgan fingerprint density at radius 2 is 2.42 bits per heavy atom. The van der Waals surface area contributed by atoms with Crippen LogP contribution in [0.2, 0.25) is 0 Å². The minimum atomic E-state index is 0.0952. The topological polar surface area (TPSA) is 37.3 Å². The van der Waals surface area contributed by atoms with Gasteiger partial charge in [0.1, 0.15) is 0 Å². The van der Waals surface area contributed by atoms with Gasteiger partial charge in [-0.1, -0.05) is 6.08 Å². The molecule has 2 heteroatoms. The van der Waals surface area contributed by atoms with Crippen LogP contribution in [0.5, 0.6) is 0 Å². The van der Waals surface area contributed by atoms with Crippen molar-refractivity contribution in [1.82, 2.24) is 0 Å².